The molecule has 0 aromatic heterocycles. The fraction of sp³-hybridized carbons (Fsp3) is 0.455. The number of rotatable bonds is 5. The highest BCUT2D eigenvalue weighted by molar-refractivity contribution is 5.59. The highest BCUT2D eigenvalue weighted by Gasteiger charge is 2.33. The maximum absolute atomic E-state index is 12.7. The molecule has 0 aliphatic carbocycles. The monoisotopic (exact) mass is 248 g/mol. The van der Waals surface area contributed by atoms with Gasteiger partial charge in [0.15, 0.2) is 0 Å². The lowest BCUT2D eigenvalue weighted by molar-refractivity contribution is -0.136. The van der Waals surface area contributed by atoms with Crippen LogP contribution in [0.15, 0.2) is 18.2 Å². The number of ether oxygens (including phenoxy) is 1. The van der Waals surface area contributed by atoms with Crippen molar-refractivity contribution in [3.05, 3.63) is 23.8 Å². The van der Waals surface area contributed by atoms with Crippen LogP contribution in [0.2, 0.25) is 0 Å². The Balaban J connectivity index is 2.77. The Morgan fingerprint density at radius 2 is 2.06 bits per heavy atom. The van der Waals surface area contributed by atoms with Gasteiger partial charge in [-0.15, -0.1) is 0 Å². The van der Waals surface area contributed by atoms with Crippen molar-refractivity contribution in [3.63, 3.8) is 0 Å². The van der Waals surface area contributed by atoms with Gasteiger partial charge in [0, 0.05) is 24.5 Å². The molecule has 0 bridgehead atoms. The summed E-state index contributed by atoms with van der Waals surface area (Å²) in [6.07, 6.45) is -4.41. The lowest BCUT2D eigenvalue weighted by Gasteiger charge is -2.15. The molecule has 0 radical (unpaired) electrons. The summed E-state index contributed by atoms with van der Waals surface area (Å²) in [7, 11) is 0. The third kappa shape index (κ3) is 4.14. The second kappa shape index (κ2) is 5.77. The van der Waals surface area contributed by atoms with E-state index in [2.05, 4.69) is 5.32 Å². The van der Waals surface area contributed by atoms with Crippen LogP contribution in [0.4, 0.5) is 24.5 Å². The van der Waals surface area contributed by atoms with Crippen LogP contribution in [0.5, 0.6) is 0 Å². The van der Waals surface area contributed by atoms with Crippen molar-refractivity contribution in [2.24, 2.45) is 0 Å². The van der Waals surface area contributed by atoms with E-state index in [1.54, 1.807) is 0 Å². The first-order valence-electron chi connectivity index (χ1n) is 5.23. The molecule has 0 aliphatic heterocycles. The molecule has 17 heavy (non-hydrogen) atoms. The molecule has 0 saturated carbocycles. The molecular weight excluding hydrogens is 233 g/mol. The Labute approximate surface area is 97.8 Å². The van der Waals surface area contributed by atoms with Crippen molar-refractivity contribution in [1.29, 1.82) is 0 Å². The molecule has 0 amide bonds. The molecule has 0 unspecified atom stereocenters. The van der Waals surface area contributed by atoms with Crippen LogP contribution >= 0.6 is 0 Å². The summed E-state index contributed by atoms with van der Waals surface area (Å²) in [6, 6.07) is 3.67. The molecule has 0 saturated heterocycles. The van der Waals surface area contributed by atoms with Gasteiger partial charge in [0.1, 0.15) is 0 Å². The molecule has 0 atom stereocenters. The van der Waals surface area contributed by atoms with Crippen LogP contribution in [0.1, 0.15) is 12.5 Å². The Bertz CT molecular complexity index is 366. The van der Waals surface area contributed by atoms with Crippen molar-refractivity contribution in [2.75, 3.05) is 30.8 Å². The van der Waals surface area contributed by atoms with Gasteiger partial charge in [0.2, 0.25) is 0 Å². The van der Waals surface area contributed by atoms with Crippen molar-refractivity contribution in [1.82, 2.24) is 0 Å². The molecular formula is C11H15F3N2O. The van der Waals surface area contributed by atoms with E-state index in [1.165, 1.54) is 12.1 Å². The Morgan fingerprint density at radius 1 is 1.35 bits per heavy atom. The number of hydrogen-bond acceptors (Lipinski definition) is 3. The van der Waals surface area contributed by atoms with Crippen molar-refractivity contribution in [3.8, 4) is 0 Å². The van der Waals surface area contributed by atoms with Crippen LogP contribution in [-0.2, 0) is 10.9 Å². The standard InChI is InChI=1S/C11H15F3N2O/c1-2-17-6-5-16-10-4-3-8(15)7-9(10)11(12,13)14/h3-4,7,16H,2,5-6,15H2,1H3. The van der Waals surface area contributed by atoms with Crippen LogP contribution in [0, 0.1) is 0 Å². The maximum Gasteiger partial charge on any atom is 0.418 e. The van der Waals surface area contributed by atoms with Gasteiger partial charge < -0.3 is 15.8 Å². The van der Waals surface area contributed by atoms with Crippen molar-refractivity contribution < 1.29 is 17.9 Å². The smallest absolute Gasteiger partial charge is 0.399 e. The summed E-state index contributed by atoms with van der Waals surface area (Å²) in [4.78, 5) is 0. The number of nitrogen functional groups attached to an aromatic ring is 1. The van der Waals surface area contributed by atoms with Crippen LogP contribution in [-0.4, -0.2) is 19.8 Å². The molecule has 0 fully saturated rings. The number of nitrogens with one attached hydrogen (secondary N) is 1. The number of benzene rings is 1. The number of anilines is 2. The van der Waals surface area contributed by atoms with E-state index < -0.39 is 11.7 Å². The molecule has 1 aromatic carbocycles. The normalized spacial score (nSPS) is 11.5. The molecule has 6 heteroatoms. The van der Waals surface area contributed by atoms with Gasteiger partial charge in [0.05, 0.1) is 12.2 Å². The summed E-state index contributed by atoms with van der Waals surface area (Å²) in [6.45, 7) is 3.04. The zero-order valence-electron chi connectivity index (χ0n) is 9.47. The molecule has 0 aliphatic rings. The van der Waals surface area contributed by atoms with E-state index >= 15 is 0 Å². The summed E-state index contributed by atoms with van der Waals surface area (Å²) in [5.41, 5.74) is 4.70. The third-order valence-electron chi connectivity index (χ3n) is 2.11. The summed E-state index contributed by atoms with van der Waals surface area (Å²) in [5, 5.41) is 2.68. The number of hydrogen-bond donors (Lipinski definition) is 2. The zero-order valence-corrected chi connectivity index (χ0v) is 9.47. The zero-order chi connectivity index (χ0) is 12.9. The van der Waals surface area contributed by atoms with Gasteiger partial charge in [-0.05, 0) is 25.1 Å². The highest BCUT2D eigenvalue weighted by atomic mass is 19.4. The Kier molecular flexibility index (Phi) is 4.62. The lowest BCUT2D eigenvalue weighted by atomic mass is 10.1. The maximum atomic E-state index is 12.7. The molecule has 1 rings (SSSR count). The van der Waals surface area contributed by atoms with Gasteiger partial charge in [0.25, 0.3) is 0 Å². The van der Waals surface area contributed by atoms with Gasteiger partial charge in [-0.2, -0.15) is 13.2 Å². The third-order valence-corrected chi connectivity index (χ3v) is 2.11. The van der Waals surface area contributed by atoms with Gasteiger partial charge >= 0.3 is 6.18 Å². The van der Waals surface area contributed by atoms with E-state index in [9.17, 15) is 13.2 Å². The van der Waals surface area contributed by atoms with Crippen LogP contribution in [0.3, 0.4) is 0 Å². The minimum atomic E-state index is -4.41. The summed E-state index contributed by atoms with van der Waals surface area (Å²) in [5.74, 6) is 0. The average Bonchev–Trinajstić information content (AvgIpc) is 2.25. The molecule has 0 heterocycles. The molecule has 1 aromatic rings. The predicted molar refractivity (Wildman–Crippen MR) is 60.8 cm³/mol. The van der Waals surface area contributed by atoms with Crippen molar-refractivity contribution >= 4 is 11.4 Å². The van der Waals surface area contributed by atoms with E-state index in [0.29, 0.717) is 19.8 Å². The number of halogens is 3. The Hall–Kier alpha value is -1.43. The van der Waals surface area contributed by atoms with Gasteiger partial charge in [-0.3, -0.25) is 0 Å². The first kappa shape index (κ1) is 13.6. The van der Waals surface area contributed by atoms with E-state index in [4.69, 9.17) is 10.5 Å². The lowest BCUT2D eigenvalue weighted by Crippen LogP contribution is -2.14. The molecule has 96 valence electrons. The van der Waals surface area contributed by atoms with E-state index in [-0.39, 0.29) is 11.4 Å². The average molecular weight is 248 g/mol. The van der Waals surface area contributed by atoms with E-state index in [0.717, 1.165) is 6.07 Å². The fourth-order valence-electron chi connectivity index (χ4n) is 1.35. The summed E-state index contributed by atoms with van der Waals surface area (Å²) >= 11 is 0. The first-order chi connectivity index (χ1) is 7.95. The van der Waals surface area contributed by atoms with Gasteiger partial charge in [-0.1, -0.05) is 0 Å². The molecule has 3 N–H and O–H groups in total. The topological polar surface area (TPSA) is 47.3 Å². The molecule has 0 spiro atoms. The number of nitrogens with two attached hydrogens (primary N) is 1. The SMILES string of the molecule is CCOCCNc1ccc(N)cc1C(F)(F)F. The largest absolute Gasteiger partial charge is 0.418 e. The fourth-order valence-corrected chi connectivity index (χ4v) is 1.35. The van der Waals surface area contributed by atoms with Crippen LogP contribution < -0.4 is 11.1 Å². The minimum Gasteiger partial charge on any atom is -0.399 e. The second-order valence-corrected chi connectivity index (χ2v) is 3.43. The second-order valence-electron chi connectivity index (χ2n) is 3.43. The molecule has 3 nitrogen and oxygen atoms in total. The number of alkyl halides is 3. The van der Waals surface area contributed by atoms with Gasteiger partial charge in [-0.25, -0.2) is 0 Å². The predicted octanol–water partition coefficient (Wildman–Crippen LogP) is 2.74. The minimum absolute atomic E-state index is 0.0198. The Morgan fingerprint density at radius 3 is 2.65 bits per heavy atom. The van der Waals surface area contributed by atoms with Crippen LogP contribution in [0.25, 0.3) is 0 Å². The quantitative estimate of drug-likeness (QED) is 0.622. The highest BCUT2D eigenvalue weighted by Crippen LogP contribution is 2.35. The van der Waals surface area contributed by atoms with E-state index in [1.807, 2.05) is 6.92 Å². The summed E-state index contributed by atoms with van der Waals surface area (Å²) < 4.78 is 43.1. The van der Waals surface area contributed by atoms with Crippen molar-refractivity contribution in [2.45, 2.75) is 13.1 Å². The first-order valence-corrected chi connectivity index (χ1v) is 5.23.